The van der Waals surface area contributed by atoms with Crippen LogP contribution < -0.4 is 10.1 Å². The number of carbonyl (C=O) groups is 1. The van der Waals surface area contributed by atoms with Gasteiger partial charge in [0, 0.05) is 12.5 Å². The van der Waals surface area contributed by atoms with Crippen LogP contribution in [0.4, 0.5) is 0 Å². The molecule has 1 N–H and O–H groups in total. The molecule has 1 fully saturated rings. The Hall–Kier alpha value is -1.51. The zero-order valence-corrected chi connectivity index (χ0v) is 11.3. The van der Waals surface area contributed by atoms with Gasteiger partial charge in [-0.3, -0.25) is 4.79 Å². The fraction of sp³-hybridized carbons (Fsp3) is 0.533. The molecule has 0 aliphatic heterocycles. The fourth-order valence-corrected chi connectivity index (χ4v) is 1.97. The first-order valence-corrected chi connectivity index (χ1v) is 6.59. The molecular formula is C15H21NO2. The van der Waals surface area contributed by atoms with E-state index >= 15 is 0 Å². The normalized spacial score (nSPS) is 21.8. The molecule has 0 saturated heterocycles. The van der Waals surface area contributed by atoms with Crippen LogP contribution in [0.1, 0.15) is 32.8 Å². The first-order valence-electron chi connectivity index (χ1n) is 6.59. The molecule has 2 unspecified atom stereocenters. The summed E-state index contributed by atoms with van der Waals surface area (Å²) in [6, 6.07) is 7.88. The molecule has 0 radical (unpaired) electrons. The quantitative estimate of drug-likeness (QED) is 0.869. The van der Waals surface area contributed by atoms with E-state index in [0.29, 0.717) is 12.5 Å². The number of hydrogen-bond acceptors (Lipinski definition) is 2. The van der Waals surface area contributed by atoms with Crippen molar-refractivity contribution in [2.45, 2.75) is 39.8 Å². The van der Waals surface area contributed by atoms with E-state index in [0.717, 1.165) is 17.7 Å². The maximum Gasteiger partial charge on any atom is 0.223 e. The summed E-state index contributed by atoms with van der Waals surface area (Å²) in [5, 5.41) is 2.97. The maximum atomic E-state index is 11.7. The van der Waals surface area contributed by atoms with E-state index < -0.39 is 0 Å². The van der Waals surface area contributed by atoms with Crippen LogP contribution in [0, 0.1) is 11.8 Å². The number of amides is 1. The van der Waals surface area contributed by atoms with Crippen LogP contribution in [0.3, 0.4) is 0 Å². The van der Waals surface area contributed by atoms with Crippen molar-refractivity contribution in [1.82, 2.24) is 5.32 Å². The van der Waals surface area contributed by atoms with E-state index in [1.807, 2.05) is 38.1 Å². The second-order valence-corrected chi connectivity index (χ2v) is 5.35. The fourth-order valence-electron chi connectivity index (χ4n) is 1.97. The summed E-state index contributed by atoms with van der Waals surface area (Å²) < 4.78 is 5.57. The predicted molar refractivity (Wildman–Crippen MR) is 71.3 cm³/mol. The number of carbonyl (C=O) groups excluding carboxylic acids is 1. The summed E-state index contributed by atoms with van der Waals surface area (Å²) in [7, 11) is 0. The van der Waals surface area contributed by atoms with Gasteiger partial charge in [-0.05, 0) is 43.9 Å². The Morgan fingerprint density at radius 1 is 1.39 bits per heavy atom. The van der Waals surface area contributed by atoms with E-state index in [9.17, 15) is 4.79 Å². The van der Waals surface area contributed by atoms with Crippen molar-refractivity contribution >= 4 is 5.91 Å². The van der Waals surface area contributed by atoms with Crippen LogP contribution in [-0.4, -0.2) is 12.0 Å². The predicted octanol–water partition coefficient (Wildman–Crippen LogP) is 2.75. The molecule has 2 rings (SSSR count). The molecule has 3 nitrogen and oxygen atoms in total. The molecule has 0 bridgehead atoms. The minimum absolute atomic E-state index is 0.185. The summed E-state index contributed by atoms with van der Waals surface area (Å²) in [5.74, 6) is 1.86. The van der Waals surface area contributed by atoms with Crippen LogP contribution in [-0.2, 0) is 11.3 Å². The molecule has 18 heavy (non-hydrogen) atoms. The van der Waals surface area contributed by atoms with Crippen molar-refractivity contribution < 1.29 is 9.53 Å². The molecule has 0 spiro atoms. The Morgan fingerprint density at radius 2 is 2.00 bits per heavy atom. The molecule has 1 aliphatic rings. The first-order chi connectivity index (χ1) is 8.56. The average molecular weight is 247 g/mol. The van der Waals surface area contributed by atoms with Gasteiger partial charge in [0.05, 0.1) is 6.10 Å². The SMILES string of the molecule is CC(C)Oc1ccc(CNC(=O)C2CC2C)cc1. The van der Waals surface area contributed by atoms with Gasteiger partial charge in [0.1, 0.15) is 5.75 Å². The molecule has 3 heteroatoms. The lowest BCUT2D eigenvalue weighted by atomic mass is 10.2. The van der Waals surface area contributed by atoms with E-state index in [1.165, 1.54) is 0 Å². The zero-order valence-electron chi connectivity index (χ0n) is 11.3. The van der Waals surface area contributed by atoms with E-state index in [-0.39, 0.29) is 17.9 Å². The highest BCUT2D eigenvalue weighted by molar-refractivity contribution is 5.81. The topological polar surface area (TPSA) is 38.3 Å². The summed E-state index contributed by atoms with van der Waals surface area (Å²) in [4.78, 5) is 11.7. The first kappa shape index (κ1) is 12.9. The second-order valence-electron chi connectivity index (χ2n) is 5.35. The van der Waals surface area contributed by atoms with Gasteiger partial charge in [-0.25, -0.2) is 0 Å². The lowest BCUT2D eigenvalue weighted by molar-refractivity contribution is -0.122. The molecule has 1 aliphatic carbocycles. The van der Waals surface area contributed by atoms with Crippen molar-refractivity contribution in [3.05, 3.63) is 29.8 Å². The van der Waals surface area contributed by atoms with Gasteiger partial charge in [-0.2, -0.15) is 0 Å². The minimum atomic E-state index is 0.185. The van der Waals surface area contributed by atoms with Gasteiger partial charge in [0.25, 0.3) is 0 Å². The molecule has 0 aromatic heterocycles. The lowest BCUT2D eigenvalue weighted by Crippen LogP contribution is -2.24. The zero-order chi connectivity index (χ0) is 13.1. The highest BCUT2D eigenvalue weighted by Gasteiger charge is 2.38. The molecule has 1 amide bonds. The Balaban J connectivity index is 1.81. The summed E-state index contributed by atoms with van der Waals surface area (Å²) in [6.45, 7) is 6.72. The van der Waals surface area contributed by atoms with Crippen molar-refractivity contribution in [3.8, 4) is 5.75 Å². The van der Waals surface area contributed by atoms with Crippen LogP contribution >= 0.6 is 0 Å². The van der Waals surface area contributed by atoms with E-state index in [4.69, 9.17) is 4.74 Å². The van der Waals surface area contributed by atoms with Crippen LogP contribution in [0.25, 0.3) is 0 Å². The Labute approximate surface area is 109 Å². The molecule has 1 saturated carbocycles. The van der Waals surface area contributed by atoms with E-state index in [1.54, 1.807) is 0 Å². The van der Waals surface area contributed by atoms with Crippen LogP contribution in [0.15, 0.2) is 24.3 Å². The highest BCUT2D eigenvalue weighted by atomic mass is 16.5. The van der Waals surface area contributed by atoms with Gasteiger partial charge < -0.3 is 10.1 Å². The molecule has 2 atom stereocenters. The van der Waals surface area contributed by atoms with Crippen molar-refractivity contribution in [2.75, 3.05) is 0 Å². The van der Waals surface area contributed by atoms with Crippen LogP contribution in [0.2, 0.25) is 0 Å². The molecule has 0 heterocycles. The van der Waals surface area contributed by atoms with Gasteiger partial charge in [-0.15, -0.1) is 0 Å². The number of benzene rings is 1. The Kier molecular flexibility index (Phi) is 3.90. The third-order valence-corrected chi connectivity index (χ3v) is 3.21. The summed E-state index contributed by atoms with van der Waals surface area (Å²) in [6.07, 6.45) is 1.22. The maximum absolute atomic E-state index is 11.7. The number of rotatable bonds is 5. The van der Waals surface area contributed by atoms with Gasteiger partial charge in [-0.1, -0.05) is 19.1 Å². The summed E-state index contributed by atoms with van der Waals surface area (Å²) in [5.41, 5.74) is 1.10. The molecule has 1 aromatic rings. The van der Waals surface area contributed by atoms with E-state index in [2.05, 4.69) is 12.2 Å². The van der Waals surface area contributed by atoms with Gasteiger partial charge in [0.15, 0.2) is 0 Å². The van der Waals surface area contributed by atoms with Crippen molar-refractivity contribution in [1.29, 1.82) is 0 Å². The third-order valence-electron chi connectivity index (χ3n) is 3.21. The number of ether oxygens (including phenoxy) is 1. The number of hydrogen-bond donors (Lipinski definition) is 1. The molecule has 1 aromatic carbocycles. The smallest absolute Gasteiger partial charge is 0.223 e. The Morgan fingerprint density at radius 3 is 2.50 bits per heavy atom. The lowest BCUT2D eigenvalue weighted by Gasteiger charge is -2.10. The molecule has 98 valence electrons. The highest BCUT2D eigenvalue weighted by Crippen LogP contribution is 2.37. The largest absolute Gasteiger partial charge is 0.491 e. The third kappa shape index (κ3) is 3.49. The van der Waals surface area contributed by atoms with Crippen molar-refractivity contribution in [3.63, 3.8) is 0 Å². The second kappa shape index (κ2) is 5.42. The standard InChI is InChI=1S/C15H21NO2/c1-10(2)18-13-6-4-12(5-7-13)9-16-15(17)14-8-11(14)3/h4-7,10-11,14H,8-9H2,1-3H3,(H,16,17). The summed E-state index contributed by atoms with van der Waals surface area (Å²) >= 11 is 0. The van der Waals surface area contributed by atoms with Gasteiger partial charge >= 0.3 is 0 Å². The van der Waals surface area contributed by atoms with Crippen LogP contribution in [0.5, 0.6) is 5.75 Å². The number of nitrogens with one attached hydrogen (secondary N) is 1. The minimum Gasteiger partial charge on any atom is -0.491 e. The molecular weight excluding hydrogens is 226 g/mol. The van der Waals surface area contributed by atoms with Crippen molar-refractivity contribution in [2.24, 2.45) is 11.8 Å². The average Bonchev–Trinajstić information content (AvgIpc) is 3.04. The monoisotopic (exact) mass is 247 g/mol. The Bertz CT molecular complexity index is 411. The van der Waals surface area contributed by atoms with Gasteiger partial charge in [0.2, 0.25) is 5.91 Å².